The van der Waals surface area contributed by atoms with Gasteiger partial charge in [0.15, 0.2) is 17.0 Å². The quantitative estimate of drug-likeness (QED) is 0.626. The van der Waals surface area contributed by atoms with Crippen LogP contribution >= 0.6 is 0 Å². The molecule has 6 nitrogen and oxygen atoms in total. The standard InChI is InChI=1S/C22H26N2O4/c1-4-12-27-19-11-8-17(14-20(19)28-13-5-2)22(3,21(25)26)24-18-9-6-16(15-23)7-10-18/h6-11,14,24H,4-5,12-13H2,1-3H3,(H,25,26). The van der Waals surface area contributed by atoms with Crippen molar-refractivity contribution in [1.82, 2.24) is 0 Å². The number of hydrogen-bond donors (Lipinski definition) is 2. The first kappa shape index (κ1) is 21.1. The zero-order chi connectivity index (χ0) is 20.6. The van der Waals surface area contributed by atoms with Crippen LogP contribution in [-0.2, 0) is 10.3 Å². The van der Waals surface area contributed by atoms with Gasteiger partial charge in [0, 0.05) is 5.69 Å². The normalized spacial score (nSPS) is 12.5. The molecule has 148 valence electrons. The van der Waals surface area contributed by atoms with Gasteiger partial charge in [-0.25, -0.2) is 4.79 Å². The van der Waals surface area contributed by atoms with E-state index in [4.69, 9.17) is 14.7 Å². The van der Waals surface area contributed by atoms with Gasteiger partial charge in [0.1, 0.15) is 0 Å². The molecule has 0 fully saturated rings. The molecule has 0 saturated carbocycles. The molecule has 0 saturated heterocycles. The highest BCUT2D eigenvalue weighted by atomic mass is 16.5. The molecule has 0 aliphatic carbocycles. The van der Waals surface area contributed by atoms with Gasteiger partial charge in [-0.05, 0) is 61.7 Å². The maximum absolute atomic E-state index is 12.1. The second kappa shape index (κ2) is 9.65. The minimum absolute atomic E-state index is 0.509. The summed E-state index contributed by atoms with van der Waals surface area (Å²) >= 11 is 0. The number of anilines is 1. The molecule has 2 aromatic carbocycles. The number of carbonyl (C=O) groups is 1. The summed E-state index contributed by atoms with van der Waals surface area (Å²) in [7, 11) is 0. The zero-order valence-electron chi connectivity index (χ0n) is 16.5. The van der Waals surface area contributed by atoms with E-state index in [-0.39, 0.29) is 0 Å². The van der Waals surface area contributed by atoms with Crippen molar-refractivity contribution in [2.75, 3.05) is 18.5 Å². The summed E-state index contributed by atoms with van der Waals surface area (Å²) in [4.78, 5) is 12.1. The molecule has 0 aromatic heterocycles. The van der Waals surface area contributed by atoms with Crippen LogP contribution in [0.1, 0.15) is 44.7 Å². The molecule has 0 aliphatic heterocycles. The highest BCUT2D eigenvalue weighted by molar-refractivity contribution is 5.84. The lowest BCUT2D eigenvalue weighted by atomic mass is 9.91. The van der Waals surface area contributed by atoms with Gasteiger partial charge in [-0.2, -0.15) is 5.26 Å². The van der Waals surface area contributed by atoms with E-state index in [0.29, 0.717) is 41.5 Å². The van der Waals surface area contributed by atoms with Gasteiger partial charge in [0.2, 0.25) is 0 Å². The largest absolute Gasteiger partial charge is 0.490 e. The van der Waals surface area contributed by atoms with Crippen LogP contribution in [0.3, 0.4) is 0 Å². The molecule has 2 rings (SSSR count). The van der Waals surface area contributed by atoms with Crippen LogP contribution in [-0.4, -0.2) is 24.3 Å². The van der Waals surface area contributed by atoms with Crippen LogP contribution in [0.15, 0.2) is 42.5 Å². The Kier molecular flexibility index (Phi) is 7.28. The minimum Gasteiger partial charge on any atom is -0.490 e. The number of nitrogens with zero attached hydrogens (tertiary/aromatic N) is 1. The summed E-state index contributed by atoms with van der Waals surface area (Å²) in [6.45, 7) is 6.69. The predicted octanol–water partition coefficient (Wildman–Crippen LogP) is 4.55. The first-order valence-electron chi connectivity index (χ1n) is 9.36. The highest BCUT2D eigenvalue weighted by Gasteiger charge is 2.36. The Morgan fingerprint density at radius 2 is 1.68 bits per heavy atom. The summed E-state index contributed by atoms with van der Waals surface area (Å²) < 4.78 is 11.5. The minimum atomic E-state index is -1.39. The Labute approximate surface area is 165 Å². The number of carboxylic acid groups (broad SMARTS) is 1. The Bertz CT molecular complexity index is 843. The van der Waals surface area contributed by atoms with Crippen molar-refractivity contribution in [3.63, 3.8) is 0 Å². The Balaban J connectivity index is 2.39. The summed E-state index contributed by atoms with van der Waals surface area (Å²) in [5.41, 5.74) is 0.266. The molecule has 28 heavy (non-hydrogen) atoms. The van der Waals surface area contributed by atoms with Crippen molar-refractivity contribution in [2.24, 2.45) is 0 Å². The van der Waals surface area contributed by atoms with Crippen molar-refractivity contribution in [3.8, 4) is 17.6 Å². The Morgan fingerprint density at radius 1 is 1.07 bits per heavy atom. The van der Waals surface area contributed by atoms with Crippen LogP contribution in [0.25, 0.3) is 0 Å². The van der Waals surface area contributed by atoms with E-state index in [9.17, 15) is 9.90 Å². The molecule has 6 heteroatoms. The van der Waals surface area contributed by atoms with Crippen molar-refractivity contribution < 1.29 is 19.4 Å². The maximum atomic E-state index is 12.1. The monoisotopic (exact) mass is 382 g/mol. The number of hydrogen-bond acceptors (Lipinski definition) is 5. The van der Waals surface area contributed by atoms with Gasteiger partial charge in [-0.15, -0.1) is 0 Å². The van der Waals surface area contributed by atoms with Gasteiger partial charge in [0.05, 0.1) is 24.8 Å². The number of nitriles is 1. The Hall–Kier alpha value is -3.20. The second-order valence-electron chi connectivity index (χ2n) is 6.60. The lowest BCUT2D eigenvalue weighted by Crippen LogP contribution is -2.40. The van der Waals surface area contributed by atoms with E-state index in [1.807, 2.05) is 19.9 Å². The van der Waals surface area contributed by atoms with Crippen molar-refractivity contribution >= 4 is 11.7 Å². The average molecular weight is 382 g/mol. The third-order valence-electron chi connectivity index (χ3n) is 4.28. The van der Waals surface area contributed by atoms with Gasteiger partial charge in [-0.1, -0.05) is 19.9 Å². The van der Waals surface area contributed by atoms with Crippen LogP contribution in [0.5, 0.6) is 11.5 Å². The van der Waals surface area contributed by atoms with Gasteiger partial charge in [-0.3, -0.25) is 0 Å². The van der Waals surface area contributed by atoms with E-state index in [1.165, 1.54) is 0 Å². The van der Waals surface area contributed by atoms with Gasteiger partial charge >= 0.3 is 5.97 Å². The predicted molar refractivity (Wildman–Crippen MR) is 108 cm³/mol. The zero-order valence-corrected chi connectivity index (χ0v) is 16.5. The second-order valence-corrected chi connectivity index (χ2v) is 6.60. The molecule has 0 spiro atoms. The summed E-state index contributed by atoms with van der Waals surface area (Å²) in [5.74, 6) is 0.104. The molecule has 1 atom stereocenters. The van der Waals surface area contributed by atoms with Crippen molar-refractivity contribution in [1.29, 1.82) is 5.26 Å². The fourth-order valence-corrected chi connectivity index (χ4v) is 2.64. The van der Waals surface area contributed by atoms with Crippen LogP contribution in [0, 0.1) is 11.3 Å². The maximum Gasteiger partial charge on any atom is 0.333 e. The van der Waals surface area contributed by atoms with Crippen LogP contribution in [0.2, 0.25) is 0 Å². The SMILES string of the molecule is CCCOc1ccc(C(C)(Nc2ccc(C#N)cc2)C(=O)O)cc1OCCC. The molecule has 1 unspecified atom stereocenters. The lowest BCUT2D eigenvalue weighted by Gasteiger charge is -2.29. The fraction of sp³-hybridized carbons (Fsp3) is 0.364. The summed E-state index contributed by atoms with van der Waals surface area (Å²) in [5, 5.41) is 21.9. The van der Waals surface area contributed by atoms with E-state index < -0.39 is 11.5 Å². The smallest absolute Gasteiger partial charge is 0.333 e. The highest BCUT2D eigenvalue weighted by Crippen LogP contribution is 2.35. The van der Waals surface area contributed by atoms with Crippen molar-refractivity contribution in [2.45, 2.75) is 39.2 Å². The molecule has 0 amide bonds. The molecule has 2 N–H and O–H groups in total. The fourth-order valence-electron chi connectivity index (χ4n) is 2.64. The van der Waals surface area contributed by atoms with Crippen molar-refractivity contribution in [3.05, 3.63) is 53.6 Å². The number of rotatable bonds is 10. The third kappa shape index (κ3) is 4.95. The number of aliphatic carboxylic acids is 1. The van der Waals surface area contributed by atoms with Crippen LogP contribution < -0.4 is 14.8 Å². The van der Waals surface area contributed by atoms with Crippen LogP contribution in [0.4, 0.5) is 5.69 Å². The molecular formula is C22H26N2O4. The van der Waals surface area contributed by atoms with E-state index in [1.54, 1.807) is 49.4 Å². The molecule has 0 heterocycles. The summed E-state index contributed by atoms with van der Waals surface area (Å²) in [6.07, 6.45) is 1.69. The first-order valence-corrected chi connectivity index (χ1v) is 9.36. The molecule has 0 radical (unpaired) electrons. The topological polar surface area (TPSA) is 91.6 Å². The van der Waals surface area contributed by atoms with E-state index in [2.05, 4.69) is 5.32 Å². The average Bonchev–Trinajstić information content (AvgIpc) is 2.71. The molecule has 0 aliphatic rings. The lowest BCUT2D eigenvalue weighted by molar-refractivity contribution is -0.142. The summed E-state index contributed by atoms with van der Waals surface area (Å²) in [6, 6.07) is 13.9. The number of carboxylic acids is 1. The third-order valence-corrected chi connectivity index (χ3v) is 4.28. The number of benzene rings is 2. The Morgan fingerprint density at radius 3 is 2.21 bits per heavy atom. The van der Waals surface area contributed by atoms with Gasteiger partial charge < -0.3 is 19.9 Å². The molecule has 2 aromatic rings. The number of nitrogens with one attached hydrogen (secondary N) is 1. The van der Waals surface area contributed by atoms with E-state index >= 15 is 0 Å². The number of ether oxygens (including phenoxy) is 2. The molecular weight excluding hydrogens is 356 g/mol. The first-order chi connectivity index (χ1) is 13.4. The van der Waals surface area contributed by atoms with E-state index in [0.717, 1.165) is 12.8 Å². The molecule has 0 bridgehead atoms. The van der Waals surface area contributed by atoms with Gasteiger partial charge in [0.25, 0.3) is 0 Å².